The molecule has 0 radical (unpaired) electrons. The van der Waals surface area contributed by atoms with Gasteiger partial charge < -0.3 is 15.5 Å². The van der Waals surface area contributed by atoms with Gasteiger partial charge in [0.1, 0.15) is 0 Å². The number of nitrogens with one attached hydrogen (secondary N) is 2. The predicted molar refractivity (Wildman–Crippen MR) is 104 cm³/mol. The molecule has 0 saturated carbocycles. The van der Waals surface area contributed by atoms with Gasteiger partial charge in [0.05, 0.1) is 6.54 Å². The molecule has 3 amide bonds. The van der Waals surface area contributed by atoms with Crippen molar-refractivity contribution < 1.29 is 9.59 Å². The molecule has 136 valence electrons. The Morgan fingerprint density at radius 1 is 0.846 bits per heavy atom. The predicted octanol–water partition coefficient (Wildman–Crippen LogP) is 3.13. The number of para-hydroxylation sites is 1. The molecule has 1 heterocycles. The van der Waals surface area contributed by atoms with Crippen molar-refractivity contribution >= 4 is 34.9 Å². The van der Waals surface area contributed by atoms with Gasteiger partial charge in [-0.05, 0) is 36.4 Å². The van der Waals surface area contributed by atoms with Gasteiger partial charge in [-0.3, -0.25) is 9.69 Å². The van der Waals surface area contributed by atoms with E-state index in [0.29, 0.717) is 43.4 Å². The number of anilines is 2. The summed E-state index contributed by atoms with van der Waals surface area (Å²) in [6.45, 7) is 2.81. The summed E-state index contributed by atoms with van der Waals surface area (Å²) < 4.78 is 0. The van der Waals surface area contributed by atoms with Crippen LogP contribution in [0, 0.1) is 0 Å². The van der Waals surface area contributed by atoms with Crippen LogP contribution in [-0.2, 0) is 4.79 Å². The molecule has 1 aliphatic heterocycles. The van der Waals surface area contributed by atoms with Crippen LogP contribution in [0.5, 0.6) is 0 Å². The number of nitrogens with zero attached hydrogens (tertiary/aromatic N) is 2. The number of carbonyl (C=O) groups is 2. The minimum absolute atomic E-state index is 0.0461. The normalized spacial score (nSPS) is 14.7. The standard InChI is InChI=1S/C19H21ClN4O2/c20-15-6-8-17(9-7-15)22-19(26)24-12-10-23(11-13-24)14-18(25)21-16-4-2-1-3-5-16/h1-9H,10-14H2,(H,21,25)(H,22,26). The van der Waals surface area contributed by atoms with Crippen LogP contribution >= 0.6 is 11.6 Å². The van der Waals surface area contributed by atoms with Crippen LogP contribution in [0.4, 0.5) is 16.2 Å². The van der Waals surface area contributed by atoms with Gasteiger partial charge in [0.15, 0.2) is 0 Å². The summed E-state index contributed by atoms with van der Waals surface area (Å²) in [5, 5.41) is 6.36. The maximum Gasteiger partial charge on any atom is 0.321 e. The summed E-state index contributed by atoms with van der Waals surface area (Å²) >= 11 is 5.84. The molecule has 2 aromatic carbocycles. The molecular formula is C19H21ClN4O2. The van der Waals surface area contributed by atoms with Crippen molar-refractivity contribution in [3.05, 3.63) is 59.6 Å². The van der Waals surface area contributed by atoms with Gasteiger partial charge in [-0.2, -0.15) is 0 Å². The van der Waals surface area contributed by atoms with Crippen LogP contribution in [0.15, 0.2) is 54.6 Å². The Bertz CT molecular complexity index is 744. The second kappa shape index (κ2) is 8.69. The molecule has 0 aliphatic carbocycles. The Kier molecular flexibility index (Phi) is 6.09. The number of benzene rings is 2. The van der Waals surface area contributed by atoms with Gasteiger partial charge in [0.25, 0.3) is 0 Å². The molecule has 2 aromatic rings. The number of hydrogen-bond acceptors (Lipinski definition) is 3. The Balaban J connectivity index is 1.42. The van der Waals surface area contributed by atoms with E-state index in [9.17, 15) is 9.59 Å². The van der Waals surface area contributed by atoms with Crippen molar-refractivity contribution in [2.75, 3.05) is 43.4 Å². The van der Waals surface area contributed by atoms with Crippen molar-refractivity contribution in [3.8, 4) is 0 Å². The van der Waals surface area contributed by atoms with Gasteiger partial charge in [-0.1, -0.05) is 29.8 Å². The number of halogens is 1. The number of rotatable bonds is 4. The number of carbonyl (C=O) groups excluding carboxylic acids is 2. The lowest BCUT2D eigenvalue weighted by Crippen LogP contribution is -2.51. The first-order chi connectivity index (χ1) is 12.6. The summed E-state index contributed by atoms with van der Waals surface area (Å²) in [6.07, 6.45) is 0. The molecule has 0 unspecified atom stereocenters. The molecule has 1 saturated heterocycles. The van der Waals surface area contributed by atoms with Crippen LogP contribution in [0.3, 0.4) is 0 Å². The number of urea groups is 1. The highest BCUT2D eigenvalue weighted by atomic mass is 35.5. The summed E-state index contributed by atoms with van der Waals surface area (Å²) in [5.74, 6) is -0.0461. The first-order valence-electron chi connectivity index (χ1n) is 8.49. The molecule has 7 heteroatoms. The maximum atomic E-state index is 12.3. The van der Waals surface area contributed by atoms with Crippen molar-refractivity contribution in [2.45, 2.75) is 0 Å². The van der Waals surface area contributed by atoms with E-state index < -0.39 is 0 Å². The molecule has 1 aliphatic rings. The van der Waals surface area contributed by atoms with E-state index in [0.717, 1.165) is 5.69 Å². The molecule has 1 fully saturated rings. The fraction of sp³-hybridized carbons (Fsp3) is 0.263. The Morgan fingerprint density at radius 3 is 2.12 bits per heavy atom. The second-order valence-corrected chi connectivity index (χ2v) is 6.55. The maximum absolute atomic E-state index is 12.3. The number of piperazine rings is 1. The molecular weight excluding hydrogens is 352 g/mol. The zero-order valence-electron chi connectivity index (χ0n) is 14.3. The van der Waals surface area contributed by atoms with E-state index in [-0.39, 0.29) is 11.9 Å². The van der Waals surface area contributed by atoms with E-state index in [1.165, 1.54) is 0 Å². The lowest BCUT2D eigenvalue weighted by Gasteiger charge is -2.34. The smallest absolute Gasteiger partial charge is 0.321 e. The summed E-state index contributed by atoms with van der Waals surface area (Å²) in [7, 11) is 0. The summed E-state index contributed by atoms with van der Waals surface area (Å²) in [5.41, 5.74) is 1.50. The van der Waals surface area contributed by atoms with Crippen LogP contribution in [-0.4, -0.2) is 54.5 Å². The molecule has 3 rings (SSSR count). The highest BCUT2D eigenvalue weighted by molar-refractivity contribution is 6.30. The second-order valence-electron chi connectivity index (χ2n) is 6.11. The van der Waals surface area contributed by atoms with Crippen LogP contribution < -0.4 is 10.6 Å². The number of amides is 3. The minimum Gasteiger partial charge on any atom is -0.325 e. The van der Waals surface area contributed by atoms with Gasteiger partial charge in [-0.25, -0.2) is 4.79 Å². The average Bonchev–Trinajstić information content (AvgIpc) is 2.65. The molecule has 0 aromatic heterocycles. The Hall–Kier alpha value is -2.57. The summed E-state index contributed by atoms with van der Waals surface area (Å²) in [4.78, 5) is 28.2. The molecule has 6 nitrogen and oxygen atoms in total. The molecule has 0 bridgehead atoms. The highest BCUT2D eigenvalue weighted by Crippen LogP contribution is 2.14. The lowest BCUT2D eigenvalue weighted by molar-refractivity contribution is -0.117. The monoisotopic (exact) mass is 372 g/mol. The largest absolute Gasteiger partial charge is 0.325 e. The summed E-state index contributed by atoms with van der Waals surface area (Å²) in [6, 6.07) is 16.3. The number of hydrogen-bond donors (Lipinski definition) is 2. The topological polar surface area (TPSA) is 64.7 Å². The van der Waals surface area contributed by atoms with Crippen molar-refractivity contribution in [1.82, 2.24) is 9.80 Å². The first kappa shape index (κ1) is 18.2. The quantitative estimate of drug-likeness (QED) is 0.866. The average molecular weight is 373 g/mol. The van der Waals surface area contributed by atoms with Crippen LogP contribution in [0.25, 0.3) is 0 Å². The van der Waals surface area contributed by atoms with Crippen molar-refractivity contribution in [1.29, 1.82) is 0 Å². The third kappa shape index (κ3) is 5.21. The van der Waals surface area contributed by atoms with Crippen molar-refractivity contribution in [3.63, 3.8) is 0 Å². The highest BCUT2D eigenvalue weighted by Gasteiger charge is 2.22. The minimum atomic E-state index is -0.138. The SMILES string of the molecule is O=C(CN1CCN(C(=O)Nc2ccc(Cl)cc2)CC1)Nc1ccccc1. The lowest BCUT2D eigenvalue weighted by atomic mass is 10.3. The van der Waals surface area contributed by atoms with E-state index >= 15 is 0 Å². The van der Waals surface area contributed by atoms with E-state index in [2.05, 4.69) is 10.6 Å². The zero-order valence-corrected chi connectivity index (χ0v) is 15.1. The fourth-order valence-corrected chi connectivity index (χ4v) is 2.90. The van der Waals surface area contributed by atoms with Gasteiger partial charge >= 0.3 is 6.03 Å². The Morgan fingerprint density at radius 2 is 1.46 bits per heavy atom. The van der Waals surface area contributed by atoms with E-state index in [4.69, 9.17) is 11.6 Å². The van der Waals surface area contributed by atoms with E-state index in [1.807, 2.05) is 35.2 Å². The first-order valence-corrected chi connectivity index (χ1v) is 8.87. The third-order valence-electron chi connectivity index (χ3n) is 4.18. The zero-order chi connectivity index (χ0) is 18.4. The molecule has 0 atom stereocenters. The Labute approximate surface area is 157 Å². The third-order valence-corrected chi connectivity index (χ3v) is 4.43. The molecule has 2 N–H and O–H groups in total. The van der Waals surface area contributed by atoms with Gasteiger partial charge in [0.2, 0.25) is 5.91 Å². The van der Waals surface area contributed by atoms with Crippen molar-refractivity contribution in [2.24, 2.45) is 0 Å². The van der Waals surface area contributed by atoms with E-state index in [1.54, 1.807) is 29.2 Å². The van der Waals surface area contributed by atoms with Crippen LogP contribution in [0.1, 0.15) is 0 Å². The van der Waals surface area contributed by atoms with Gasteiger partial charge in [0, 0.05) is 42.6 Å². The fourth-order valence-electron chi connectivity index (χ4n) is 2.77. The molecule has 26 heavy (non-hydrogen) atoms. The van der Waals surface area contributed by atoms with Crippen LogP contribution in [0.2, 0.25) is 5.02 Å². The molecule has 0 spiro atoms. The van der Waals surface area contributed by atoms with Gasteiger partial charge in [-0.15, -0.1) is 0 Å².